The molecule has 0 N–H and O–H groups in total. The van der Waals surface area contributed by atoms with Gasteiger partial charge in [0.1, 0.15) is 10.7 Å². The standard InChI is InChI=1S/C17H13BrFNO4S/c1-4-11-6-5-7-12(8-11)20(2)25(22,23)16-9-13(17(21)24-3)14(18)10-15(16)19/h1,5-10H,2-3H3. The lowest BCUT2D eigenvalue weighted by Gasteiger charge is -2.20. The first-order chi connectivity index (χ1) is 11.7. The molecule has 0 bridgehead atoms. The van der Waals surface area contributed by atoms with Gasteiger partial charge < -0.3 is 4.74 Å². The number of terminal acetylenes is 1. The van der Waals surface area contributed by atoms with Crippen LogP contribution in [0.2, 0.25) is 0 Å². The van der Waals surface area contributed by atoms with Gasteiger partial charge in [0.2, 0.25) is 0 Å². The number of hydrogen-bond donors (Lipinski definition) is 0. The van der Waals surface area contributed by atoms with Crippen molar-refractivity contribution in [3.8, 4) is 12.3 Å². The third kappa shape index (κ3) is 3.67. The van der Waals surface area contributed by atoms with E-state index in [1.807, 2.05) is 0 Å². The zero-order valence-electron chi connectivity index (χ0n) is 13.3. The zero-order valence-corrected chi connectivity index (χ0v) is 15.7. The fourth-order valence-electron chi connectivity index (χ4n) is 2.07. The second-order valence-electron chi connectivity index (χ2n) is 4.92. The van der Waals surface area contributed by atoms with E-state index in [0.29, 0.717) is 5.56 Å². The summed E-state index contributed by atoms with van der Waals surface area (Å²) < 4.78 is 45.4. The number of methoxy groups -OCH3 is 1. The van der Waals surface area contributed by atoms with Crippen LogP contribution in [-0.2, 0) is 14.8 Å². The fourth-order valence-corrected chi connectivity index (χ4v) is 3.81. The Labute approximate surface area is 153 Å². The van der Waals surface area contributed by atoms with Crippen molar-refractivity contribution >= 4 is 37.6 Å². The highest BCUT2D eigenvalue weighted by Crippen LogP contribution is 2.29. The Morgan fingerprint density at radius 1 is 1.32 bits per heavy atom. The van der Waals surface area contributed by atoms with Crippen LogP contribution in [0.4, 0.5) is 10.1 Å². The summed E-state index contributed by atoms with van der Waals surface area (Å²) in [4.78, 5) is 11.1. The predicted molar refractivity (Wildman–Crippen MR) is 95.4 cm³/mol. The monoisotopic (exact) mass is 425 g/mol. The number of nitrogens with zero attached hydrogens (tertiary/aromatic N) is 1. The fraction of sp³-hybridized carbons (Fsp3) is 0.118. The van der Waals surface area contributed by atoms with Gasteiger partial charge >= 0.3 is 5.97 Å². The SMILES string of the molecule is C#Cc1cccc(N(C)S(=O)(=O)c2cc(C(=O)OC)c(Br)cc2F)c1. The predicted octanol–water partition coefficient (Wildman–Crippen LogP) is 3.18. The number of carbonyl (C=O) groups excluding carboxylic acids is 1. The first kappa shape index (κ1) is 19.0. The van der Waals surface area contributed by atoms with Gasteiger partial charge in [0.05, 0.1) is 18.4 Å². The van der Waals surface area contributed by atoms with Crippen molar-refractivity contribution in [2.45, 2.75) is 4.90 Å². The summed E-state index contributed by atoms with van der Waals surface area (Å²) in [6.07, 6.45) is 5.31. The minimum Gasteiger partial charge on any atom is -0.465 e. The smallest absolute Gasteiger partial charge is 0.339 e. The molecule has 0 radical (unpaired) electrons. The Morgan fingerprint density at radius 3 is 2.60 bits per heavy atom. The molecule has 5 nitrogen and oxygen atoms in total. The summed E-state index contributed by atoms with van der Waals surface area (Å²) >= 11 is 3.02. The molecule has 0 spiro atoms. The molecule has 0 aliphatic carbocycles. The van der Waals surface area contributed by atoms with Gasteiger partial charge in [-0.2, -0.15) is 0 Å². The molecule has 130 valence electrons. The summed E-state index contributed by atoms with van der Waals surface area (Å²) in [6, 6.07) is 8.08. The average Bonchev–Trinajstić information content (AvgIpc) is 2.60. The number of esters is 1. The lowest BCUT2D eigenvalue weighted by molar-refractivity contribution is 0.0599. The van der Waals surface area contributed by atoms with Crippen LogP contribution < -0.4 is 4.31 Å². The number of benzene rings is 2. The molecule has 0 aliphatic heterocycles. The molecule has 2 aromatic carbocycles. The van der Waals surface area contributed by atoms with Crippen molar-refractivity contribution in [3.05, 3.63) is 57.8 Å². The van der Waals surface area contributed by atoms with Crippen molar-refractivity contribution in [1.29, 1.82) is 0 Å². The van der Waals surface area contributed by atoms with E-state index >= 15 is 0 Å². The van der Waals surface area contributed by atoms with Gasteiger partial charge in [-0.05, 0) is 46.3 Å². The van der Waals surface area contributed by atoms with Gasteiger partial charge in [0.25, 0.3) is 10.0 Å². The number of rotatable bonds is 4. The highest BCUT2D eigenvalue weighted by atomic mass is 79.9. The zero-order chi connectivity index (χ0) is 18.8. The van der Waals surface area contributed by atoms with E-state index < -0.39 is 26.7 Å². The van der Waals surface area contributed by atoms with Gasteiger partial charge in [-0.25, -0.2) is 17.6 Å². The molecule has 8 heteroatoms. The Balaban J connectivity index is 2.59. The lowest BCUT2D eigenvalue weighted by Crippen LogP contribution is -2.27. The number of halogens is 2. The Bertz CT molecular complexity index is 983. The van der Waals surface area contributed by atoms with Crippen LogP contribution in [0.3, 0.4) is 0 Å². The molecule has 0 unspecified atom stereocenters. The van der Waals surface area contributed by atoms with Crippen molar-refractivity contribution in [2.75, 3.05) is 18.5 Å². The normalized spacial score (nSPS) is 10.8. The molecule has 0 heterocycles. The van der Waals surface area contributed by atoms with Gasteiger partial charge in [-0.15, -0.1) is 6.42 Å². The van der Waals surface area contributed by atoms with Crippen molar-refractivity contribution in [2.24, 2.45) is 0 Å². The summed E-state index contributed by atoms with van der Waals surface area (Å²) in [5.74, 6) is 0.609. The second kappa shape index (κ2) is 7.25. The minimum atomic E-state index is -4.27. The third-order valence-electron chi connectivity index (χ3n) is 3.44. The van der Waals surface area contributed by atoms with Crippen LogP contribution in [0.25, 0.3) is 0 Å². The molecule has 0 amide bonds. The van der Waals surface area contributed by atoms with E-state index in [1.54, 1.807) is 12.1 Å². The number of ether oxygens (including phenoxy) is 1. The van der Waals surface area contributed by atoms with E-state index in [2.05, 4.69) is 26.6 Å². The number of hydrogen-bond acceptors (Lipinski definition) is 4. The molecular weight excluding hydrogens is 413 g/mol. The topological polar surface area (TPSA) is 63.7 Å². The summed E-state index contributed by atoms with van der Waals surface area (Å²) in [5, 5.41) is 0. The first-order valence-electron chi connectivity index (χ1n) is 6.85. The van der Waals surface area contributed by atoms with Gasteiger partial charge in [0.15, 0.2) is 0 Å². The maximum atomic E-state index is 14.3. The Kier molecular flexibility index (Phi) is 5.50. The molecule has 2 aromatic rings. The maximum absolute atomic E-state index is 14.3. The molecule has 2 rings (SSSR count). The summed E-state index contributed by atoms with van der Waals surface area (Å²) in [7, 11) is -1.86. The highest BCUT2D eigenvalue weighted by Gasteiger charge is 2.28. The Hall–Kier alpha value is -2.37. The van der Waals surface area contributed by atoms with E-state index in [0.717, 1.165) is 23.5 Å². The van der Waals surface area contributed by atoms with Gasteiger partial charge in [0, 0.05) is 17.1 Å². The van der Waals surface area contributed by atoms with Crippen LogP contribution >= 0.6 is 15.9 Å². The summed E-state index contributed by atoms with van der Waals surface area (Å²) in [6.45, 7) is 0. The van der Waals surface area contributed by atoms with Crippen LogP contribution in [-0.4, -0.2) is 28.5 Å². The quantitative estimate of drug-likeness (QED) is 0.557. The van der Waals surface area contributed by atoms with Gasteiger partial charge in [-0.3, -0.25) is 4.31 Å². The number of sulfonamides is 1. The van der Waals surface area contributed by atoms with E-state index in [9.17, 15) is 17.6 Å². The van der Waals surface area contributed by atoms with Crippen LogP contribution in [0.1, 0.15) is 15.9 Å². The molecule has 0 aromatic heterocycles. The Morgan fingerprint density at radius 2 is 2.00 bits per heavy atom. The molecule has 0 saturated heterocycles. The maximum Gasteiger partial charge on any atom is 0.339 e. The molecule has 0 saturated carbocycles. The van der Waals surface area contributed by atoms with Gasteiger partial charge in [-0.1, -0.05) is 12.0 Å². The average molecular weight is 426 g/mol. The van der Waals surface area contributed by atoms with E-state index in [-0.39, 0.29) is 15.7 Å². The molecular formula is C17H13BrFNO4S. The summed E-state index contributed by atoms with van der Waals surface area (Å²) in [5.41, 5.74) is 0.636. The molecule has 0 atom stereocenters. The largest absolute Gasteiger partial charge is 0.465 e. The molecule has 25 heavy (non-hydrogen) atoms. The third-order valence-corrected chi connectivity index (χ3v) is 5.90. The van der Waals surface area contributed by atoms with Crippen LogP contribution in [0.15, 0.2) is 45.8 Å². The lowest BCUT2D eigenvalue weighted by atomic mass is 10.2. The van der Waals surface area contributed by atoms with E-state index in [4.69, 9.17) is 6.42 Å². The van der Waals surface area contributed by atoms with Crippen LogP contribution in [0.5, 0.6) is 0 Å². The van der Waals surface area contributed by atoms with Crippen molar-refractivity contribution in [3.63, 3.8) is 0 Å². The van der Waals surface area contributed by atoms with Crippen molar-refractivity contribution in [1.82, 2.24) is 0 Å². The van der Waals surface area contributed by atoms with Crippen molar-refractivity contribution < 1.29 is 22.3 Å². The molecule has 0 aliphatic rings. The molecule has 0 fully saturated rings. The first-order valence-corrected chi connectivity index (χ1v) is 9.08. The second-order valence-corrected chi connectivity index (χ2v) is 7.71. The van der Waals surface area contributed by atoms with E-state index in [1.165, 1.54) is 19.2 Å². The minimum absolute atomic E-state index is 0.0905. The van der Waals surface area contributed by atoms with Crippen LogP contribution in [0, 0.1) is 18.2 Å². The highest BCUT2D eigenvalue weighted by molar-refractivity contribution is 9.10. The number of anilines is 1. The number of carbonyl (C=O) groups is 1.